The molecule has 0 radical (unpaired) electrons. The fraction of sp³-hybridized carbons (Fsp3) is 0.957. The maximum Gasteiger partial charge on any atom is 0.472 e. The molecule has 0 aromatic carbocycles. The van der Waals surface area contributed by atoms with E-state index in [1.807, 2.05) is 0 Å². The van der Waals surface area contributed by atoms with E-state index < -0.39 is 162 Å². The van der Waals surface area contributed by atoms with E-state index in [1.165, 1.54) is 212 Å². The van der Waals surface area contributed by atoms with E-state index >= 15 is 0 Å². The number of hydrogen-bond acceptors (Lipinski definition) is 24. The maximum atomic E-state index is 14.9. The zero-order valence-electron chi connectivity index (χ0n) is 75.1. The summed E-state index contributed by atoms with van der Waals surface area (Å²) in [4.78, 5) is 66.6. The summed E-state index contributed by atoms with van der Waals surface area (Å²) in [5, 5.41) is 102. The smallest absolute Gasteiger partial charge is 0.463 e. The Balaban J connectivity index is 1.90. The molecular weight excluding hydrogens is 1550 g/mol. The number of aliphatic hydroxyl groups excluding tert-OH is 9. The quantitative estimate of drug-likeness (QED) is 0.0117. The Morgan fingerprint density at radius 2 is 0.630 bits per heavy atom. The molecule has 2 saturated heterocycles. The molecule has 3 fully saturated rings. The Morgan fingerprint density at radius 3 is 1.00 bits per heavy atom. The number of ether oxygens (including phenoxy) is 8. The second-order valence-electron chi connectivity index (χ2n) is 35.2. The SMILES string of the molecule is CCCCCCCCCCCCCCCCCCC(=O)OCC1OC(OC2C(OC(=O)CCCCCCCCCCCCCCC)C(O)C(O)C(OC3OC(CO)C(O)C(O)C3O)C2OP(=O)(O)OCC(COC(=O)CCCCCCCCC(C)CCCCCCCC)OC(=O)CCCCCCCCCCCCCCCCC)C(O)C(O)C1O. The molecule has 0 aromatic heterocycles. The van der Waals surface area contributed by atoms with Crippen LogP contribution in [0, 0.1) is 5.92 Å². The molecule has 25 nitrogen and oxygen atoms in total. The lowest BCUT2D eigenvalue weighted by Gasteiger charge is -2.50. The van der Waals surface area contributed by atoms with Gasteiger partial charge in [0.2, 0.25) is 0 Å². The van der Waals surface area contributed by atoms with Crippen molar-refractivity contribution in [3.05, 3.63) is 0 Å². The van der Waals surface area contributed by atoms with Crippen LogP contribution in [0.2, 0.25) is 0 Å². The molecule has 702 valence electrons. The molecule has 3 rings (SSSR count). The van der Waals surface area contributed by atoms with Crippen LogP contribution >= 0.6 is 7.82 Å². The van der Waals surface area contributed by atoms with Gasteiger partial charge in [0.15, 0.2) is 24.8 Å². The topological polar surface area (TPSA) is 380 Å². The van der Waals surface area contributed by atoms with Gasteiger partial charge in [-0.2, -0.15) is 0 Å². The van der Waals surface area contributed by atoms with Crippen LogP contribution in [0.1, 0.15) is 433 Å². The molecule has 10 N–H and O–H groups in total. The average molecular weight is 1720 g/mol. The normalized spacial score (nSPS) is 25.0. The summed E-state index contributed by atoms with van der Waals surface area (Å²) in [5.41, 5.74) is 0. The average Bonchev–Trinajstić information content (AvgIpc) is 0.754. The molecule has 3 aliphatic rings. The molecule has 0 amide bonds. The van der Waals surface area contributed by atoms with Crippen LogP contribution in [0.5, 0.6) is 0 Å². The van der Waals surface area contributed by atoms with Crippen molar-refractivity contribution in [1.82, 2.24) is 0 Å². The minimum Gasteiger partial charge on any atom is -0.463 e. The minimum absolute atomic E-state index is 0.0201. The predicted octanol–water partition coefficient (Wildman–Crippen LogP) is 18.4. The number of carbonyl (C=O) groups is 4. The zero-order chi connectivity index (χ0) is 86.9. The summed E-state index contributed by atoms with van der Waals surface area (Å²) in [6.45, 7) is 7.98. The third-order valence-corrected chi connectivity index (χ3v) is 25.2. The van der Waals surface area contributed by atoms with Gasteiger partial charge in [0.25, 0.3) is 0 Å². The van der Waals surface area contributed by atoms with Gasteiger partial charge in [-0.15, -0.1) is 0 Å². The summed E-state index contributed by atoms with van der Waals surface area (Å²) in [6.07, 6.45) is 28.0. The van der Waals surface area contributed by atoms with Crippen LogP contribution in [0.15, 0.2) is 0 Å². The number of carbonyl (C=O) groups excluding carboxylic acids is 4. The van der Waals surface area contributed by atoms with Crippen molar-refractivity contribution in [3.8, 4) is 0 Å². The number of esters is 4. The number of phosphoric ester groups is 1. The fourth-order valence-corrected chi connectivity index (χ4v) is 17.4. The molecule has 2 aliphatic heterocycles. The van der Waals surface area contributed by atoms with Crippen molar-refractivity contribution in [1.29, 1.82) is 0 Å². The lowest BCUT2D eigenvalue weighted by molar-refractivity contribution is -0.360. The number of unbranched alkanes of at least 4 members (excludes halogenated alkanes) is 51. The van der Waals surface area contributed by atoms with Crippen LogP contribution in [0.3, 0.4) is 0 Å². The molecule has 19 atom stereocenters. The summed E-state index contributed by atoms with van der Waals surface area (Å²) in [6, 6.07) is 0. The van der Waals surface area contributed by atoms with E-state index in [0.717, 1.165) is 128 Å². The molecule has 1 aliphatic carbocycles. The maximum absolute atomic E-state index is 14.9. The third-order valence-electron chi connectivity index (χ3n) is 24.3. The first kappa shape index (κ1) is 111. The molecule has 0 bridgehead atoms. The number of aliphatic hydroxyl groups is 9. The van der Waals surface area contributed by atoms with Gasteiger partial charge in [-0.3, -0.25) is 28.2 Å². The summed E-state index contributed by atoms with van der Waals surface area (Å²) in [5.74, 6) is -2.25. The van der Waals surface area contributed by atoms with E-state index in [1.54, 1.807) is 0 Å². The Kier molecular flexibility index (Phi) is 66.5. The Hall–Kier alpha value is -2.53. The van der Waals surface area contributed by atoms with Crippen molar-refractivity contribution in [2.45, 2.75) is 537 Å². The lowest BCUT2D eigenvalue weighted by Crippen LogP contribution is -2.70. The number of phosphoric acid groups is 1. The van der Waals surface area contributed by atoms with Crippen molar-refractivity contribution in [2.24, 2.45) is 5.92 Å². The molecule has 0 spiro atoms. The van der Waals surface area contributed by atoms with Crippen LogP contribution in [0.25, 0.3) is 0 Å². The Morgan fingerprint density at radius 1 is 0.328 bits per heavy atom. The van der Waals surface area contributed by atoms with Crippen LogP contribution in [-0.2, 0) is 70.7 Å². The van der Waals surface area contributed by atoms with Gasteiger partial charge in [0, 0.05) is 25.7 Å². The van der Waals surface area contributed by atoms with Crippen molar-refractivity contribution < 1.29 is 122 Å². The van der Waals surface area contributed by atoms with Gasteiger partial charge in [0.1, 0.15) is 92.6 Å². The number of hydrogen-bond donors (Lipinski definition) is 10. The highest BCUT2D eigenvalue weighted by atomic mass is 31.2. The Bertz CT molecular complexity index is 2490. The van der Waals surface area contributed by atoms with Crippen LogP contribution < -0.4 is 0 Å². The van der Waals surface area contributed by atoms with Crippen molar-refractivity contribution in [3.63, 3.8) is 0 Å². The van der Waals surface area contributed by atoms with E-state index in [-0.39, 0.29) is 25.7 Å². The molecule has 0 aromatic rings. The van der Waals surface area contributed by atoms with Gasteiger partial charge in [-0.05, 0) is 31.6 Å². The first-order valence-electron chi connectivity index (χ1n) is 48.7. The van der Waals surface area contributed by atoms with Crippen molar-refractivity contribution in [2.75, 3.05) is 26.4 Å². The fourth-order valence-electron chi connectivity index (χ4n) is 16.4. The molecule has 2 heterocycles. The van der Waals surface area contributed by atoms with Gasteiger partial charge in [-0.25, -0.2) is 4.57 Å². The highest BCUT2D eigenvalue weighted by molar-refractivity contribution is 7.47. The summed E-state index contributed by atoms with van der Waals surface area (Å²) >= 11 is 0. The largest absolute Gasteiger partial charge is 0.472 e. The lowest BCUT2D eigenvalue weighted by atomic mass is 9.84. The van der Waals surface area contributed by atoms with Gasteiger partial charge >= 0.3 is 31.7 Å². The standard InChI is InChI=1S/C93H175O25P/c1-6-10-14-18-22-25-28-31-33-35-37-39-42-45-52-59-65-77(96)110-71-75-81(100)83(102)87(106)93(114-75)117-90-88(115-79(98)67-61-55-47-44-40-36-30-27-24-20-16-12-8-3)84(103)85(104)89(116-92-86(105)82(101)80(99)74(68-94)113-92)91(90)118-119(107,108)111-70-73(112-78(97)66-60-54-46-43-41-38-34-32-29-26-23-19-15-11-7-2)69-109-76(95)64-58-53-49-48-51-57-63-72(5)62-56-50-21-17-13-9-4/h72-75,80-94,99-106H,6-71H2,1-5H3,(H,107,108). The van der Waals surface area contributed by atoms with Crippen molar-refractivity contribution >= 4 is 31.7 Å². The van der Waals surface area contributed by atoms with E-state index in [4.69, 9.17) is 46.9 Å². The van der Waals surface area contributed by atoms with E-state index in [0.29, 0.717) is 38.0 Å². The zero-order valence-corrected chi connectivity index (χ0v) is 76.0. The van der Waals surface area contributed by atoms with Crippen LogP contribution in [0.4, 0.5) is 0 Å². The molecule has 1 saturated carbocycles. The first-order chi connectivity index (χ1) is 57.6. The van der Waals surface area contributed by atoms with E-state index in [9.17, 15) is 74.6 Å². The second-order valence-corrected chi connectivity index (χ2v) is 36.6. The van der Waals surface area contributed by atoms with Crippen LogP contribution in [-0.4, -0.2) is 205 Å². The van der Waals surface area contributed by atoms with Gasteiger partial charge in [-0.1, -0.05) is 381 Å². The molecule has 19 unspecified atom stereocenters. The molecule has 26 heteroatoms. The highest BCUT2D eigenvalue weighted by Gasteiger charge is 2.60. The molecule has 119 heavy (non-hydrogen) atoms. The number of rotatable bonds is 79. The van der Waals surface area contributed by atoms with Gasteiger partial charge in [0.05, 0.1) is 13.2 Å². The monoisotopic (exact) mass is 1720 g/mol. The highest BCUT2D eigenvalue weighted by Crippen LogP contribution is 2.49. The third kappa shape index (κ3) is 51.8. The second kappa shape index (κ2) is 71.5. The first-order valence-corrected chi connectivity index (χ1v) is 50.2. The Labute approximate surface area is 719 Å². The van der Waals surface area contributed by atoms with Gasteiger partial charge < -0.3 is 88.7 Å². The molecular formula is C93H175O25P. The summed E-state index contributed by atoms with van der Waals surface area (Å²) in [7, 11) is -5.80. The predicted molar refractivity (Wildman–Crippen MR) is 463 cm³/mol. The summed E-state index contributed by atoms with van der Waals surface area (Å²) < 4.78 is 73.6. The van der Waals surface area contributed by atoms with E-state index in [2.05, 4.69) is 34.6 Å². The minimum atomic E-state index is -5.80.